The van der Waals surface area contributed by atoms with E-state index in [0.717, 1.165) is 17.0 Å². The second-order valence-corrected chi connectivity index (χ2v) is 4.33. The summed E-state index contributed by atoms with van der Waals surface area (Å²) in [6.07, 6.45) is 1.67. The summed E-state index contributed by atoms with van der Waals surface area (Å²) in [5.41, 5.74) is 7.38. The molecule has 0 saturated carbocycles. The monoisotopic (exact) mass is 259 g/mol. The third-order valence-electron chi connectivity index (χ3n) is 3.02. The van der Waals surface area contributed by atoms with E-state index in [4.69, 9.17) is 5.73 Å². The van der Waals surface area contributed by atoms with Crippen molar-refractivity contribution in [2.75, 3.05) is 5.73 Å². The van der Waals surface area contributed by atoms with Crippen LogP contribution < -0.4 is 5.73 Å². The Bertz CT molecular complexity index is 750. The zero-order chi connectivity index (χ0) is 13.4. The summed E-state index contributed by atoms with van der Waals surface area (Å²) < 4.78 is 28.4. The van der Waals surface area contributed by atoms with Gasteiger partial charge in [-0.3, -0.25) is 4.68 Å². The van der Waals surface area contributed by atoms with Crippen molar-refractivity contribution >= 4 is 16.6 Å². The van der Waals surface area contributed by atoms with E-state index < -0.39 is 11.6 Å². The quantitative estimate of drug-likeness (QED) is 0.719. The molecule has 0 radical (unpaired) electrons. The maximum atomic E-state index is 13.6. The summed E-state index contributed by atoms with van der Waals surface area (Å²) in [7, 11) is 0. The third-order valence-corrected chi connectivity index (χ3v) is 3.02. The van der Waals surface area contributed by atoms with Crippen LogP contribution in [0.1, 0.15) is 5.56 Å². The number of hydrogen-bond acceptors (Lipinski definition) is 2. The molecule has 5 heteroatoms. The Balaban J connectivity index is 2.06. The van der Waals surface area contributed by atoms with Crippen LogP contribution >= 0.6 is 0 Å². The lowest BCUT2D eigenvalue weighted by atomic mass is 10.2. The average Bonchev–Trinajstić information content (AvgIpc) is 2.78. The number of halogens is 2. The van der Waals surface area contributed by atoms with Crippen LogP contribution in [-0.2, 0) is 6.54 Å². The zero-order valence-electron chi connectivity index (χ0n) is 9.98. The van der Waals surface area contributed by atoms with E-state index in [2.05, 4.69) is 5.10 Å². The van der Waals surface area contributed by atoms with Crippen molar-refractivity contribution in [2.24, 2.45) is 0 Å². The van der Waals surface area contributed by atoms with Crippen LogP contribution in [0.25, 0.3) is 10.9 Å². The number of anilines is 1. The molecular weight excluding hydrogens is 248 g/mol. The molecule has 0 atom stereocenters. The Labute approximate surface area is 108 Å². The predicted molar refractivity (Wildman–Crippen MR) is 69.6 cm³/mol. The van der Waals surface area contributed by atoms with Gasteiger partial charge >= 0.3 is 0 Å². The summed E-state index contributed by atoms with van der Waals surface area (Å²) in [6, 6.07) is 9.50. The largest absolute Gasteiger partial charge is 0.399 e. The van der Waals surface area contributed by atoms with E-state index >= 15 is 0 Å². The normalized spacial score (nSPS) is 11.1. The first-order valence-corrected chi connectivity index (χ1v) is 5.79. The summed E-state index contributed by atoms with van der Waals surface area (Å²) in [5, 5.41) is 5.08. The third kappa shape index (κ3) is 2.03. The number of rotatable bonds is 2. The molecule has 1 aromatic heterocycles. The Morgan fingerprint density at radius 1 is 1.16 bits per heavy atom. The highest BCUT2D eigenvalue weighted by molar-refractivity contribution is 5.81. The van der Waals surface area contributed by atoms with Gasteiger partial charge in [-0.1, -0.05) is 12.1 Å². The van der Waals surface area contributed by atoms with Gasteiger partial charge in [0, 0.05) is 16.6 Å². The molecule has 3 aromatic rings. The highest BCUT2D eigenvalue weighted by Gasteiger charge is 2.10. The maximum absolute atomic E-state index is 13.6. The van der Waals surface area contributed by atoms with Gasteiger partial charge in [0.2, 0.25) is 0 Å². The topological polar surface area (TPSA) is 43.8 Å². The molecule has 0 amide bonds. The first-order valence-electron chi connectivity index (χ1n) is 5.79. The molecule has 0 aliphatic rings. The SMILES string of the molecule is Nc1ccc2cnn(Cc3cccc(F)c3F)c2c1. The van der Waals surface area contributed by atoms with Gasteiger partial charge in [0.1, 0.15) is 0 Å². The van der Waals surface area contributed by atoms with Crippen molar-refractivity contribution in [3.05, 3.63) is 59.8 Å². The first-order chi connectivity index (χ1) is 9.15. The molecule has 0 unspecified atom stereocenters. The minimum absolute atomic E-state index is 0.163. The number of nitrogens with zero attached hydrogens (tertiary/aromatic N) is 2. The van der Waals surface area contributed by atoms with E-state index in [1.165, 1.54) is 12.1 Å². The molecule has 0 aliphatic heterocycles. The minimum atomic E-state index is -0.853. The van der Waals surface area contributed by atoms with Crippen LogP contribution in [0, 0.1) is 11.6 Å². The molecule has 0 fully saturated rings. The lowest BCUT2D eigenvalue weighted by molar-refractivity contribution is 0.493. The maximum Gasteiger partial charge on any atom is 0.163 e. The molecule has 96 valence electrons. The lowest BCUT2D eigenvalue weighted by Crippen LogP contribution is -2.04. The van der Waals surface area contributed by atoms with Crippen molar-refractivity contribution in [2.45, 2.75) is 6.54 Å². The fourth-order valence-electron chi connectivity index (χ4n) is 2.05. The summed E-state index contributed by atoms with van der Waals surface area (Å²) >= 11 is 0. The number of aromatic nitrogens is 2. The van der Waals surface area contributed by atoms with Crippen LogP contribution in [0.3, 0.4) is 0 Å². The fourth-order valence-corrected chi connectivity index (χ4v) is 2.05. The molecule has 1 heterocycles. The van der Waals surface area contributed by atoms with Gasteiger partial charge in [-0.15, -0.1) is 0 Å². The molecule has 0 saturated heterocycles. The highest BCUT2D eigenvalue weighted by atomic mass is 19.2. The average molecular weight is 259 g/mol. The van der Waals surface area contributed by atoms with E-state index in [1.807, 2.05) is 6.07 Å². The van der Waals surface area contributed by atoms with Crippen LogP contribution in [0.15, 0.2) is 42.6 Å². The van der Waals surface area contributed by atoms with Gasteiger partial charge in [-0.2, -0.15) is 5.10 Å². The molecule has 2 N–H and O–H groups in total. The fraction of sp³-hybridized carbons (Fsp3) is 0.0714. The van der Waals surface area contributed by atoms with Crippen LogP contribution in [0.5, 0.6) is 0 Å². The molecular formula is C14H11F2N3. The summed E-state index contributed by atoms with van der Waals surface area (Å²) in [5.74, 6) is -1.69. The van der Waals surface area contributed by atoms with E-state index in [0.29, 0.717) is 5.69 Å². The van der Waals surface area contributed by atoms with E-state index in [1.54, 1.807) is 23.0 Å². The molecule has 3 rings (SSSR count). The highest BCUT2D eigenvalue weighted by Crippen LogP contribution is 2.19. The van der Waals surface area contributed by atoms with E-state index in [-0.39, 0.29) is 12.1 Å². The predicted octanol–water partition coefficient (Wildman–Crippen LogP) is 2.95. The molecule has 2 aromatic carbocycles. The van der Waals surface area contributed by atoms with Crippen molar-refractivity contribution < 1.29 is 8.78 Å². The van der Waals surface area contributed by atoms with Crippen molar-refractivity contribution in [1.29, 1.82) is 0 Å². The van der Waals surface area contributed by atoms with Crippen molar-refractivity contribution in [1.82, 2.24) is 9.78 Å². The molecule has 0 spiro atoms. The van der Waals surface area contributed by atoms with E-state index in [9.17, 15) is 8.78 Å². The van der Waals surface area contributed by atoms with Crippen LogP contribution in [-0.4, -0.2) is 9.78 Å². The molecule has 0 bridgehead atoms. The first kappa shape index (κ1) is 11.6. The van der Waals surface area contributed by atoms with Gasteiger partial charge < -0.3 is 5.73 Å². The van der Waals surface area contributed by atoms with Crippen LogP contribution in [0.2, 0.25) is 0 Å². The van der Waals surface area contributed by atoms with Gasteiger partial charge in [0.15, 0.2) is 11.6 Å². The molecule has 3 nitrogen and oxygen atoms in total. The number of nitrogen functional groups attached to an aromatic ring is 1. The van der Waals surface area contributed by atoms with Gasteiger partial charge in [0.05, 0.1) is 18.3 Å². The Morgan fingerprint density at radius 2 is 2.00 bits per heavy atom. The van der Waals surface area contributed by atoms with Gasteiger partial charge in [0.25, 0.3) is 0 Å². The number of nitrogens with two attached hydrogens (primary N) is 1. The molecule has 19 heavy (non-hydrogen) atoms. The van der Waals surface area contributed by atoms with Crippen LogP contribution in [0.4, 0.5) is 14.5 Å². The summed E-state index contributed by atoms with van der Waals surface area (Å²) in [4.78, 5) is 0. The Hall–Kier alpha value is -2.43. The number of benzene rings is 2. The van der Waals surface area contributed by atoms with Gasteiger partial charge in [-0.05, 0) is 24.3 Å². The summed E-state index contributed by atoms with van der Waals surface area (Å²) in [6.45, 7) is 0.163. The second-order valence-electron chi connectivity index (χ2n) is 4.33. The second kappa shape index (κ2) is 4.35. The molecule has 0 aliphatic carbocycles. The standard InChI is InChI=1S/C14H11F2N3/c15-12-3-1-2-10(14(12)16)8-19-13-6-11(17)5-4-9(13)7-18-19/h1-7H,8,17H2. The number of hydrogen-bond donors (Lipinski definition) is 1. The zero-order valence-corrected chi connectivity index (χ0v) is 9.98. The number of fused-ring (bicyclic) bond motifs is 1. The Morgan fingerprint density at radius 3 is 2.84 bits per heavy atom. The lowest BCUT2D eigenvalue weighted by Gasteiger charge is -2.06. The smallest absolute Gasteiger partial charge is 0.163 e. The minimum Gasteiger partial charge on any atom is -0.399 e. The van der Waals surface area contributed by atoms with Gasteiger partial charge in [-0.25, -0.2) is 8.78 Å². The van der Waals surface area contributed by atoms with Crippen molar-refractivity contribution in [3.8, 4) is 0 Å². The Kier molecular flexibility index (Phi) is 2.67. The van der Waals surface area contributed by atoms with Crippen molar-refractivity contribution in [3.63, 3.8) is 0 Å².